The average Bonchev–Trinajstić information content (AvgIpc) is 2.40. The third kappa shape index (κ3) is 1.67. The van der Waals surface area contributed by atoms with Crippen LogP contribution in [0.25, 0.3) is 0 Å². The van der Waals surface area contributed by atoms with Crippen LogP contribution in [-0.4, -0.2) is 36.3 Å². The molecule has 0 radical (unpaired) electrons. The lowest BCUT2D eigenvalue weighted by Crippen LogP contribution is -2.34. The Kier molecular flexibility index (Phi) is 2.59. The zero-order valence-electron chi connectivity index (χ0n) is 8.25. The molecule has 1 aliphatic rings. The van der Waals surface area contributed by atoms with Gasteiger partial charge in [0, 0.05) is 0 Å². The smallest absolute Gasteiger partial charge is 0.324 e. The molecular weight excluding hydrogens is 270 g/mol. The second-order valence-corrected chi connectivity index (χ2v) is 5.53. The van der Waals surface area contributed by atoms with E-state index in [0.717, 1.165) is 0 Å². The van der Waals surface area contributed by atoms with Crippen LogP contribution in [0.5, 0.6) is 0 Å². The standard InChI is InChI=1S/C9H6ClNO5S/c10-6-3-1-2-5-8(6)17(15,16)11(9(5)14)4-7(12)13/h1-3H,4H2,(H,12,13). The molecule has 0 bridgehead atoms. The number of hydrogen-bond acceptors (Lipinski definition) is 4. The van der Waals surface area contributed by atoms with Crippen molar-refractivity contribution in [2.45, 2.75) is 4.90 Å². The highest BCUT2D eigenvalue weighted by Gasteiger charge is 2.43. The fourth-order valence-electron chi connectivity index (χ4n) is 1.57. The normalized spacial score (nSPS) is 17.0. The van der Waals surface area contributed by atoms with Crippen LogP contribution in [0.1, 0.15) is 10.4 Å². The van der Waals surface area contributed by atoms with Gasteiger partial charge in [-0.2, -0.15) is 0 Å². The lowest BCUT2D eigenvalue weighted by atomic mass is 10.2. The monoisotopic (exact) mass is 275 g/mol. The van der Waals surface area contributed by atoms with E-state index < -0.39 is 28.4 Å². The summed E-state index contributed by atoms with van der Waals surface area (Å²) in [6.45, 7) is -0.911. The highest BCUT2D eigenvalue weighted by Crippen LogP contribution is 2.35. The minimum absolute atomic E-state index is 0.0938. The Morgan fingerprint density at radius 2 is 2.06 bits per heavy atom. The van der Waals surface area contributed by atoms with E-state index in [1.54, 1.807) is 0 Å². The maximum Gasteiger partial charge on any atom is 0.324 e. The molecule has 90 valence electrons. The van der Waals surface area contributed by atoms with Gasteiger partial charge in [0.25, 0.3) is 15.9 Å². The summed E-state index contributed by atoms with van der Waals surface area (Å²) >= 11 is 5.72. The van der Waals surface area contributed by atoms with E-state index in [4.69, 9.17) is 16.7 Å². The van der Waals surface area contributed by atoms with Crippen LogP contribution < -0.4 is 0 Å². The summed E-state index contributed by atoms with van der Waals surface area (Å²) in [5.74, 6) is -2.28. The molecule has 6 nitrogen and oxygen atoms in total. The molecule has 0 aliphatic carbocycles. The van der Waals surface area contributed by atoms with Gasteiger partial charge in [0.1, 0.15) is 11.4 Å². The molecule has 0 atom stereocenters. The molecule has 8 heteroatoms. The van der Waals surface area contributed by atoms with Crippen molar-refractivity contribution in [1.29, 1.82) is 0 Å². The van der Waals surface area contributed by atoms with Crippen LogP contribution >= 0.6 is 11.6 Å². The Morgan fingerprint density at radius 1 is 1.41 bits per heavy atom. The molecule has 1 aromatic rings. The molecule has 17 heavy (non-hydrogen) atoms. The number of sulfonamides is 1. The van der Waals surface area contributed by atoms with Crippen LogP contribution in [0.2, 0.25) is 5.02 Å². The Balaban J connectivity index is 2.65. The highest BCUT2D eigenvalue weighted by atomic mass is 35.5. The number of carbonyl (C=O) groups is 2. The van der Waals surface area contributed by atoms with Crippen molar-refractivity contribution in [3.05, 3.63) is 28.8 Å². The summed E-state index contributed by atoms with van der Waals surface area (Å²) in [4.78, 5) is 21.9. The van der Waals surface area contributed by atoms with Crippen LogP contribution in [0.4, 0.5) is 0 Å². The number of carboxylic acids is 1. The zero-order chi connectivity index (χ0) is 12.8. The minimum atomic E-state index is -4.15. The van der Waals surface area contributed by atoms with E-state index in [9.17, 15) is 18.0 Å². The highest BCUT2D eigenvalue weighted by molar-refractivity contribution is 7.90. The molecule has 0 unspecified atom stereocenters. The fourth-order valence-corrected chi connectivity index (χ4v) is 3.60. The molecule has 0 saturated heterocycles. The van der Waals surface area contributed by atoms with E-state index in [-0.39, 0.29) is 15.5 Å². The number of amides is 1. The van der Waals surface area contributed by atoms with Crippen LogP contribution in [-0.2, 0) is 14.8 Å². The maximum atomic E-state index is 11.9. The first-order valence-corrected chi connectivity index (χ1v) is 6.25. The lowest BCUT2D eigenvalue weighted by molar-refractivity contribution is -0.136. The van der Waals surface area contributed by atoms with Crippen molar-refractivity contribution in [2.24, 2.45) is 0 Å². The predicted molar refractivity (Wildman–Crippen MR) is 57.3 cm³/mol. The molecule has 0 fully saturated rings. The van der Waals surface area contributed by atoms with Gasteiger partial charge < -0.3 is 5.11 Å². The second kappa shape index (κ2) is 3.71. The summed E-state index contributed by atoms with van der Waals surface area (Å²) in [6, 6.07) is 4.05. The van der Waals surface area contributed by atoms with Crippen molar-refractivity contribution >= 4 is 33.5 Å². The quantitative estimate of drug-likeness (QED) is 0.852. The Morgan fingerprint density at radius 3 is 2.59 bits per heavy atom. The maximum absolute atomic E-state index is 11.9. The second-order valence-electron chi connectivity index (χ2n) is 3.33. The molecular formula is C9H6ClNO5S. The number of hydrogen-bond donors (Lipinski definition) is 1. The number of halogens is 1. The van der Waals surface area contributed by atoms with Crippen molar-refractivity contribution in [2.75, 3.05) is 6.54 Å². The van der Waals surface area contributed by atoms with Gasteiger partial charge in [-0.3, -0.25) is 9.59 Å². The van der Waals surface area contributed by atoms with Crippen LogP contribution in [0.15, 0.2) is 23.1 Å². The summed E-state index contributed by atoms with van der Waals surface area (Å²) in [5.41, 5.74) is -0.0984. The fraction of sp³-hybridized carbons (Fsp3) is 0.111. The average molecular weight is 276 g/mol. The van der Waals surface area contributed by atoms with Crippen molar-refractivity contribution in [3.8, 4) is 0 Å². The van der Waals surface area contributed by atoms with Crippen LogP contribution in [0, 0.1) is 0 Å². The number of fused-ring (bicyclic) bond motifs is 1. The molecule has 1 heterocycles. The van der Waals surface area contributed by atoms with Gasteiger partial charge in [0.2, 0.25) is 0 Å². The minimum Gasteiger partial charge on any atom is -0.480 e. The molecule has 2 rings (SSSR count). The Hall–Kier alpha value is -1.60. The van der Waals surface area contributed by atoms with Gasteiger partial charge in [0.05, 0.1) is 10.6 Å². The first kappa shape index (κ1) is 11.9. The summed E-state index contributed by atoms with van der Waals surface area (Å²) in [5, 5.41) is 8.49. The number of nitrogens with zero attached hydrogens (tertiary/aromatic N) is 1. The van der Waals surface area contributed by atoms with Crippen molar-refractivity contribution in [1.82, 2.24) is 4.31 Å². The largest absolute Gasteiger partial charge is 0.480 e. The number of benzene rings is 1. The summed E-state index contributed by atoms with van der Waals surface area (Å²) < 4.78 is 24.1. The van der Waals surface area contributed by atoms with Gasteiger partial charge in [-0.05, 0) is 12.1 Å². The Bertz CT molecular complexity index is 624. The summed E-state index contributed by atoms with van der Waals surface area (Å²) in [6.07, 6.45) is 0. The van der Waals surface area contributed by atoms with Crippen molar-refractivity contribution in [3.63, 3.8) is 0 Å². The molecule has 1 amide bonds. The molecule has 1 N–H and O–H groups in total. The molecule has 1 aromatic carbocycles. The van der Waals surface area contributed by atoms with E-state index >= 15 is 0 Å². The van der Waals surface area contributed by atoms with Crippen LogP contribution in [0.3, 0.4) is 0 Å². The van der Waals surface area contributed by atoms with E-state index in [0.29, 0.717) is 4.31 Å². The molecule has 1 aliphatic heterocycles. The van der Waals surface area contributed by atoms with Gasteiger partial charge in [0.15, 0.2) is 0 Å². The third-order valence-electron chi connectivity index (χ3n) is 2.25. The van der Waals surface area contributed by atoms with E-state index in [2.05, 4.69) is 0 Å². The first-order valence-electron chi connectivity index (χ1n) is 4.43. The topological polar surface area (TPSA) is 91.8 Å². The summed E-state index contributed by atoms with van der Waals surface area (Å²) in [7, 11) is -4.15. The predicted octanol–water partition coefficient (Wildman–Crippen LogP) is 0.569. The number of carboxylic acid groups (broad SMARTS) is 1. The third-order valence-corrected chi connectivity index (χ3v) is 4.51. The number of aliphatic carboxylic acids is 1. The number of rotatable bonds is 2. The molecule has 0 saturated carbocycles. The zero-order valence-corrected chi connectivity index (χ0v) is 9.83. The van der Waals surface area contributed by atoms with Gasteiger partial charge in [-0.15, -0.1) is 0 Å². The Labute approximate surface area is 101 Å². The van der Waals surface area contributed by atoms with Crippen molar-refractivity contribution < 1.29 is 23.1 Å². The number of carbonyl (C=O) groups excluding carboxylic acids is 1. The van der Waals surface area contributed by atoms with E-state index in [1.807, 2.05) is 0 Å². The SMILES string of the molecule is O=C(O)CN1C(=O)c2cccc(Cl)c2S1(=O)=O. The van der Waals surface area contributed by atoms with Gasteiger partial charge in [-0.1, -0.05) is 17.7 Å². The molecule has 0 aromatic heterocycles. The van der Waals surface area contributed by atoms with Gasteiger partial charge in [-0.25, -0.2) is 12.7 Å². The lowest BCUT2D eigenvalue weighted by Gasteiger charge is -2.11. The first-order chi connectivity index (χ1) is 7.85. The molecule has 0 spiro atoms. The van der Waals surface area contributed by atoms with Gasteiger partial charge >= 0.3 is 5.97 Å². The van der Waals surface area contributed by atoms with E-state index in [1.165, 1.54) is 18.2 Å².